The van der Waals surface area contributed by atoms with Gasteiger partial charge in [0.05, 0.1) is 18.3 Å². The molecule has 1 aromatic heterocycles. The summed E-state index contributed by atoms with van der Waals surface area (Å²) in [7, 11) is 0. The van der Waals surface area contributed by atoms with E-state index >= 15 is 0 Å². The molecule has 0 saturated carbocycles. The zero-order chi connectivity index (χ0) is 21.7. The third kappa shape index (κ3) is 4.37. The predicted octanol–water partition coefficient (Wildman–Crippen LogP) is 3.92. The summed E-state index contributed by atoms with van der Waals surface area (Å²) in [5.74, 6) is 1.96. The van der Waals surface area contributed by atoms with Gasteiger partial charge < -0.3 is 15.1 Å². The summed E-state index contributed by atoms with van der Waals surface area (Å²) in [5, 5.41) is 10.7. The van der Waals surface area contributed by atoms with E-state index in [0.717, 1.165) is 67.7 Å². The van der Waals surface area contributed by atoms with E-state index in [2.05, 4.69) is 53.4 Å². The number of piperazine rings is 1. The van der Waals surface area contributed by atoms with E-state index in [4.69, 9.17) is 15.2 Å². The van der Waals surface area contributed by atoms with Crippen LogP contribution in [0.3, 0.4) is 0 Å². The third-order valence-electron chi connectivity index (χ3n) is 5.35. The number of rotatable bonds is 4. The van der Waals surface area contributed by atoms with Crippen LogP contribution in [-0.4, -0.2) is 36.1 Å². The van der Waals surface area contributed by atoms with Crippen LogP contribution in [0.5, 0.6) is 0 Å². The van der Waals surface area contributed by atoms with Crippen molar-refractivity contribution in [1.82, 2.24) is 15.3 Å². The van der Waals surface area contributed by atoms with Crippen molar-refractivity contribution >= 4 is 23.2 Å². The van der Waals surface area contributed by atoms with Crippen LogP contribution in [0.15, 0.2) is 31.4 Å². The van der Waals surface area contributed by atoms with Crippen LogP contribution in [0.1, 0.15) is 42.1 Å². The molecule has 2 aromatic rings. The standard InChI is InChI=1S/C22H27N5.C2H3N/c1-5-17-7-6-8-20(21(17)15(2)3)27-13-18-19(14-27)24-16(4)25-22(18)26-11-9-23-10-12-26;1-2-3/h5-8,23H,1-2,9-14H2,3-4H3;1H3. The van der Waals surface area contributed by atoms with E-state index in [1.54, 1.807) is 6.07 Å². The van der Waals surface area contributed by atoms with Gasteiger partial charge >= 0.3 is 0 Å². The lowest BCUT2D eigenvalue weighted by Gasteiger charge is -2.30. The first-order valence-electron chi connectivity index (χ1n) is 10.3. The first kappa shape index (κ1) is 21.5. The lowest BCUT2D eigenvalue weighted by molar-refractivity contribution is 0.582. The number of hydrogen-bond acceptors (Lipinski definition) is 6. The summed E-state index contributed by atoms with van der Waals surface area (Å²) in [6.07, 6.45) is 1.91. The summed E-state index contributed by atoms with van der Waals surface area (Å²) < 4.78 is 0. The second kappa shape index (κ2) is 9.55. The van der Waals surface area contributed by atoms with Crippen LogP contribution >= 0.6 is 0 Å². The predicted molar refractivity (Wildman–Crippen MR) is 124 cm³/mol. The highest BCUT2D eigenvalue weighted by Crippen LogP contribution is 2.37. The second-order valence-corrected chi connectivity index (χ2v) is 7.56. The normalized spacial score (nSPS) is 15.0. The number of aryl methyl sites for hydroxylation is 1. The van der Waals surface area contributed by atoms with Gasteiger partial charge in [-0.1, -0.05) is 31.4 Å². The molecule has 6 nitrogen and oxygen atoms in total. The zero-order valence-corrected chi connectivity index (χ0v) is 18.2. The Morgan fingerprint density at radius 2 is 1.90 bits per heavy atom. The molecule has 1 saturated heterocycles. The van der Waals surface area contributed by atoms with Gasteiger partial charge in [0.25, 0.3) is 0 Å². The number of aromatic nitrogens is 2. The number of hydrogen-bond donors (Lipinski definition) is 1. The van der Waals surface area contributed by atoms with Crippen LogP contribution in [0, 0.1) is 18.3 Å². The fourth-order valence-electron chi connectivity index (χ4n) is 4.12. The summed E-state index contributed by atoms with van der Waals surface area (Å²) in [5.41, 5.74) is 6.96. The molecule has 30 heavy (non-hydrogen) atoms. The van der Waals surface area contributed by atoms with Crippen molar-refractivity contribution in [3.63, 3.8) is 0 Å². The van der Waals surface area contributed by atoms with Crippen molar-refractivity contribution in [2.75, 3.05) is 36.0 Å². The summed E-state index contributed by atoms with van der Waals surface area (Å²) >= 11 is 0. The van der Waals surface area contributed by atoms with Crippen molar-refractivity contribution in [2.45, 2.75) is 33.9 Å². The van der Waals surface area contributed by atoms with Gasteiger partial charge in [0.15, 0.2) is 0 Å². The highest BCUT2D eigenvalue weighted by molar-refractivity contribution is 5.82. The molecular weight excluding hydrogens is 372 g/mol. The van der Waals surface area contributed by atoms with Gasteiger partial charge in [0.2, 0.25) is 0 Å². The molecular formula is C24H30N6. The zero-order valence-electron chi connectivity index (χ0n) is 18.2. The number of nitrogens with one attached hydrogen (secondary N) is 1. The van der Waals surface area contributed by atoms with E-state index in [0.29, 0.717) is 0 Å². The molecule has 156 valence electrons. The molecule has 0 atom stereocenters. The minimum absolute atomic E-state index is 0.804. The number of allylic oxidation sites excluding steroid dienone is 1. The molecule has 6 heteroatoms. The van der Waals surface area contributed by atoms with Crippen LogP contribution in [-0.2, 0) is 13.1 Å². The minimum atomic E-state index is 0.804. The number of anilines is 2. The molecule has 0 radical (unpaired) electrons. The maximum absolute atomic E-state index is 7.32. The Morgan fingerprint density at radius 1 is 1.20 bits per heavy atom. The van der Waals surface area contributed by atoms with Gasteiger partial charge in [0, 0.05) is 56.5 Å². The molecule has 1 N–H and O–H groups in total. The van der Waals surface area contributed by atoms with E-state index in [1.807, 2.05) is 13.0 Å². The second-order valence-electron chi connectivity index (χ2n) is 7.56. The number of benzene rings is 1. The smallest absolute Gasteiger partial charge is 0.137 e. The average Bonchev–Trinajstić information content (AvgIpc) is 3.17. The molecule has 4 rings (SSSR count). The van der Waals surface area contributed by atoms with E-state index in [1.165, 1.54) is 23.7 Å². The summed E-state index contributed by atoms with van der Waals surface area (Å²) in [4.78, 5) is 14.4. The third-order valence-corrected chi connectivity index (χ3v) is 5.35. The Bertz CT molecular complexity index is 982. The Balaban J connectivity index is 0.000000806. The fraction of sp³-hybridized carbons (Fsp3) is 0.375. The van der Waals surface area contributed by atoms with Crippen molar-refractivity contribution in [3.8, 4) is 6.07 Å². The van der Waals surface area contributed by atoms with Gasteiger partial charge in [0.1, 0.15) is 11.6 Å². The van der Waals surface area contributed by atoms with Crippen LogP contribution < -0.4 is 15.1 Å². The molecule has 0 aliphatic carbocycles. The van der Waals surface area contributed by atoms with Crippen LogP contribution in [0.25, 0.3) is 11.6 Å². The van der Waals surface area contributed by atoms with Crippen LogP contribution in [0.4, 0.5) is 11.5 Å². The Hall–Kier alpha value is -3.17. The molecule has 2 aliphatic rings. The molecule has 0 amide bonds. The highest BCUT2D eigenvalue weighted by Gasteiger charge is 2.29. The molecule has 0 bridgehead atoms. The van der Waals surface area contributed by atoms with Crippen molar-refractivity contribution in [2.24, 2.45) is 0 Å². The van der Waals surface area contributed by atoms with Crippen molar-refractivity contribution < 1.29 is 0 Å². The molecule has 1 aromatic carbocycles. The van der Waals surface area contributed by atoms with Crippen molar-refractivity contribution in [1.29, 1.82) is 5.26 Å². The Morgan fingerprint density at radius 3 is 2.53 bits per heavy atom. The topological polar surface area (TPSA) is 68.1 Å². The largest absolute Gasteiger partial charge is 0.361 e. The fourth-order valence-corrected chi connectivity index (χ4v) is 4.12. The maximum atomic E-state index is 7.32. The Labute approximate surface area is 179 Å². The Kier molecular flexibility index (Phi) is 6.86. The average molecular weight is 403 g/mol. The van der Waals surface area contributed by atoms with Crippen LogP contribution in [0.2, 0.25) is 0 Å². The summed E-state index contributed by atoms with van der Waals surface area (Å²) in [6, 6.07) is 8.11. The minimum Gasteiger partial charge on any atom is -0.361 e. The molecule has 1 fully saturated rings. The first-order chi connectivity index (χ1) is 14.5. The van der Waals surface area contributed by atoms with E-state index in [-0.39, 0.29) is 0 Å². The number of nitriles is 1. The summed E-state index contributed by atoms with van der Waals surface area (Å²) in [6.45, 7) is 19.3. The molecule has 3 heterocycles. The number of nitrogens with zero attached hydrogens (tertiary/aromatic N) is 5. The molecule has 0 spiro atoms. The van der Waals surface area contributed by atoms with Gasteiger partial charge in [-0.3, -0.25) is 0 Å². The van der Waals surface area contributed by atoms with E-state index in [9.17, 15) is 0 Å². The van der Waals surface area contributed by atoms with Gasteiger partial charge in [-0.05, 0) is 31.1 Å². The molecule has 0 unspecified atom stereocenters. The van der Waals surface area contributed by atoms with E-state index < -0.39 is 0 Å². The SMILES string of the molecule is C=Cc1cccc(N2Cc3nc(C)nc(N4CCNCC4)c3C2)c1C(=C)C.CC#N. The lowest BCUT2D eigenvalue weighted by Crippen LogP contribution is -2.44. The quantitative estimate of drug-likeness (QED) is 0.836. The van der Waals surface area contributed by atoms with Gasteiger partial charge in [-0.15, -0.1) is 0 Å². The van der Waals surface area contributed by atoms with Crippen molar-refractivity contribution in [3.05, 3.63) is 59.6 Å². The monoisotopic (exact) mass is 402 g/mol. The van der Waals surface area contributed by atoms with Gasteiger partial charge in [-0.2, -0.15) is 5.26 Å². The highest BCUT2D eigenvalue weighted by atomic mass is 15.3. The maximum Gasteiger partial charge on any atom is 0.137 e. The number of fused-ring (bicyclic) bond motifs is 1. The first-order valence-corrected chi connectivity index (χ1v) is 10.3. The van der Waals surface area contributed by atoms with Gasteiger partial charge in [-0.25, -0.2) is 9.97 Å². The molecule has 2 aliphatic heterocycles. The lowest BCUT2D eigenvalue weighted by atomic mass is 9.99.